The van der Waals surface area contributed by atoms with Crippen molar-refractivity contribution in [1.29, 1.82) is 0 Å². The number of aryl methyl sites for hydroxylation is 1. The molecule has 1 N–H and O–H groups in total. The summed E-state index contributed by atoms with van der Waals surface area (Å²) in [6.07, 6.45) is 1.63. The summed E-state index contributed by atoms with van der Waals surface area (Å²) in [5.74, 6) is 0.125. The smallest absolute Gasteiger partial charge is 0.258 e. The number of rotatable bonds is 5. The van der Waals surface area contributed by atoms with Crippen LogP contribution in [0.3, 0.4) is 0 Å². The zero-order chi connectivity index (χ0) is 17.1. The molecule has 0 fully saturated rings. The van der Waals surface area contributed by atoms with Gasteiger partial charge in [0.15, 0.2) is 0 Å². The van der Waals surface area contributed by atoms with Crippen molar-refractivity contribution in [3.05, 3.63) is 53.9 Å². The summed E-state index contributed by atoms with van der Waals surface area (Å²) in [7, 11) is 4.00. The molecule has 0 atom stereocenters. The van der Waals surface area contributed by atoms with Crippen molar-refractivity contribution in [2.75, 3.05) is 26.0 Å². The fourth-order valence-electron chi connectivity index (χ4n) is 2.58. The maximum absolute atomic E-state index is 12.6. The zero-order valence-electron chi connectivity index (χ0n) is 14.2. The maximum atomic E-state index is 12.6. The van der Waals surface area contributed by atoms with Crippen LogP contribution in [-0.4, -0.2) is 46.2 Å². The molecule has 0 aliphatic heterocycles. The molecule has 0 saturated carbocycles. The maximum Gasteiger partial charge on any atom is 0.258 e. The Hall–Kier alpha value is -2.73. The number of likely N-dealkylation sites (N-methyl/N-ethyl adjacent to an activating group) is 1. The van der Waals surface area contributed by atoms with E-state index in [1.807, 2.05) is 57.4 Å². The van der Waals surface area contributed by atoms with E-state index >= 15 is 0 Å². The van der Waals surface area contributed by atoms with Crippen LogP contribution in [0.25, 0.3) is 10.8 Å². The first-order valence-electron chi connectivity index (χ1n) is 7.88. The van der Waals surface area contributed by atoms with Crippen molar-refractivity contribution in [3.63, 3.8) is 0 Å². The van der Waals surface area contributed by atoms with Crippen molar-refractivity contribution in [2.24, 2.45) is 0 Å². The van der Waals surface area contributed by atoms with Crippen molar-refractivity contribution < 1.29 is 4.79 Å². The third-order valence-corrected chi connectivity index (χ3v) is 3.92. The minimum atomic E-state index is -0.198. The lowest BCUT2D eigenvalue weighted by Crippen LogP contribution is -2.19. The molecule has 6 heteroatoms. The molecule has 0 radical (unpaired) electrons. The summed E-state index contributed by atoms with van der Waals surface area (Å²) in [6.45, 7) is 3.63. The lowest BCUT2D eigenvalue weighted by Gasteiger charge is -2.09. The van der Waals surface area contributed by atoms with Gasteiger partial charge in [0.05, 0.1) is 6.54 Å². The van der Waals surface area contributed by atoms with Crippen LogP contribution in [0.5, 0.6) is 0 Å². The number of hydrogen-bond acceptors (Lipinski definition) is 4. The normalized spacial score (nSPS) is 11.2. The van der Waals surface area contributed by atoms with E-state index in [-0.39, 0.29) is 5.91 Å². The first kappa shape index (κ1) is 16.1. The second kappa shape index (κ2) is 6.80. The van der Waals surface area contributed by atoms with Crippen molar-refractivity contribution in [3.8, 4) is 0 Å². The minimum absolute atomic E-state index is 0.198. The first-order valence-corrected chi connectivity index (χ1v) is 7.88. The molecule has 2 aromatic carbocycles. The highest BCUT2D eigenvalue weighted by Crippen LogP contribution is 2.22. The molecule has 1 amide bonds. The standard InChI is InChI=1S/C18H21N5O/c1-13-8-9-16(15-7-5-4-6-14(13)15)17(24)20-18-19-12-23(21-18)11-10-22(2)3/h4-9,12H,10-11H2,1-3H3,(H,20,21,24). The Kier molecular flexibility index (Phi) is 4.57. The highest BCUT2D eigenvalue weighted by Gasteiger charge is 2.13. The average molecular weight is 323 g/mol. The van der Waals surface area contributed by atoms with Crippen LogP contribution >= 0.6 is 0 Å². The molecule has 0 spiro atoms. The highest BCUT2D eigenvalue weighted by molar-refractivity contribution is 6.12. The molecule has 24 heavy (non-hydrogen) atoms. The van der Waals surface area contributed by atoms with Crippen molar-refractivity contribution in [1.82, 2.24) is 19.7 Å². The van der Waals surface area contributed by atoms with Crippen LogP contribution in [0.4, 0.5) is 5.95 Å². The van der Waals surface area contributed by atoms with Crippen LogP contribution in [-0.2, 0) is 6.54 Å². The van der Waals surface area contributed by atoms with Gasteiger partial charge in [0.25, 0.3) is 5.91 Å². The molecular formula is C18H21N5O. The molecule has 0 saturated heterocycles. The van der Waals surface area contributed by atoms with E-state index in [1.165, 1.54) is 0 Å². The molecule has 0 bridgehead atoms. The monoisotopic (exact) mass is 323 g/mol. The summed E-state index contributed by atoms with van der Waals surface area (Å²) in [5.41, 5.74) is 1.77. The van der Waals surface area contributed by atoms with Gasteiger partial charge >= 0.3 is 0 Å². The summed E-state index contributed by atoms with van der Waals surface area (Å²) >= 11 is 0. The van der Waals surface area contributed by atoms with Crippen molar-refractivity contribution in [2.45, 2.75) is 13.5 Å². The number of anilines is 1. The van der Waals surface area contributed by atoms with E-state index in [1.54, 1.807) is 11.0 Å². The number of nitrogens with one attached hydrogen (secondary N) is 1. The van der Waals surface area contributed by atoms with Gasteiger partial charge in [-0.15, -0.1) is 5.10 Å². The number of aromatic nitrogens is 3. The molecular weight excluding hydrogens is 302 g/mol. The summed E-state index contributed by atoms with van der Waals surface area (Å²) in [6, 6.07) is 11.7. The van der Waals surface area contributed by atoms with Gasteiger partial charge in [-0.1, -0.05) is 30.3 Å². The third-order valence-electron chi connectivity index (χ3n) is 3.92. The Balaban J connectivity index is 1.80. The zero-order valence-corrected chi connectivity index (χ0v) is 14.2. The van der Waals surface area contributed by atoms with E-state index in [2.05, 4.69) is 20.3 Å². The van der Waals surface area contributed by atoms with E-state index in [0.717, 1.165) is 29.4 Å². The fraction of sp³-hybridized carbons (Fsp3) is 0.278. The molecule has 3 aromatic rings. The number of hydrogen-bond donors (Lipinski definition) is 1. The van der Waals surface area contributed by atoms with Gasteiger partial charge in [-0.05, 0) is 43.4 Å². The molecule has 124 valence electrons. The summed E-state index contributed by atoms with van der Waals surface area (Å²) in [4.78, 5) is 18.8. The second-order valence-corrected chi connectivity index (χ2v) is 6.06. The van der Waals surface area contributed by atoms with Crippen LogP contribution in [0.15, 0.2) is 42.7 Å². The predicted octanol–water partition coefficient (Wildman–Crippen LogP) is 2.55. The Morgan fingerprint density at radius 1 is 1.17 bits per heavy atom. The van der Waals surface area contributed by atoms with Crippen LogP contribution < -0.4 is 5.32 Å². The first-order chi connectivity index (χ1) is 11.5. The lowest BCUT2D eigenvalue weighted by atomic mass is 10.00. The number of carbonyl (C=O) groups excluding carboxylic acids is 1. The average Bonchev–Trinajstić information content (AvgIpc) is 3.01. The van der Waals surface area contributed by atoms with Crippen LogP contribution in [0, 0.1) is 6.92 Å². The number of fused-ring (bicyclic) bond motifs is 1. The largest absolute Gasteiger partial charge is 0.308 e. The van der Waals surface area contributed by atoms with Gasteiger partial charge in [-0.25, -0.2) is 9.67 Å². The third kappa shape index (κ3) is 3.44. The molecule has 1 heterocycles. The number of nitrogens with zero attached hydrogens (tertiary/aromatic N) is 4. The van der Waals surface area contributed by atoms with E-state index in [4.69, 9.17) is 0 Å². The van der Waals surface area contributed by atoms with Crippen molar-refractivity contribution >= 4 is 22.6 Å². The number of benzene rings is 2. The molecule has 0 unspecified atom stereocenters. The molecule has 0 aliphatic carbocycles. The molecule has 6 nitrogen and oxygen atoms in total. The van der Waals surface area contributed by atoms with Gasteiger partial charge in [0.1, 0.15) is 6.33 Å². The van der Waals surface area contributed by atoms with E-state index < -0.39 is 0 Å². The number of amides is 1. The van der Waals surface area contributed by atoms with E-state index in [9.17, 15) is 4.79 Å². The molecule has 0 aliphatic rings. The quantitative estimate of drug-likeness (QED) is 0.784. The predicted molar refractivity (Wildman–Crippen MR) is 95.2 cm³/mol. The minimum Gasteiger partial charge on any atom is -0.308 e. The molecule has 3 rings (SSSR count). The Morgan fingerprint density at radius 3 is 2.67 bits per heavy atom. The molecule has 1 aromatic heterocycles. The summed E-state index contributed by atoms with van der Waals surface area (Å²) < 4.78 is 1.73. The topological polar surface area (TPSA) is 63.1 Å². The van der Waals surface area contributed by atoms with Gasteiger partial charge in [0, 0.05) is 12.1 Å². The SMILES string of the molecule is Cc1ccc(C(=O)Nc2ncn(CCN(C)C)n2)c2ccccc12. The van der Waals surface area contributed by atoms with Gasteiger partial charge in [0.2, 0.25) is 5.95 Å². The van der Waals surface area contributed by atoms with Gasteiger partial charge in [-0.2, -0.15) is 0 Å². The fourth-order valence-corrected chi connectivity index (χ4v) is 2.58. The van der Waals surface area contributed by atoms with Crippen LogP contribution in [0.1, 0.15) is 15.9 Å². The Bertz CT molecular complexity index is 869. The van der Waals surface area contributed by atoms with Gasteiger partial charge < -0.3 is 4.90 Å². The highest BCUT2D eigenvalue weighted by atomic mass is 16.1. The second-order valence-electron chi connectivity index (χ2n) is 6.06. The lowest BCUT2D eigenvalue weighted by molar-refractivity contribution is 0.102. The Morgan fingerprint density at radius 2 is 1.92 bits per heavy atom. The Labute approximate surface area is 141 Å². The van der Waals surface area contributed by atoms with E-state index in [0.29, 0.717) is 11.5 Å². The summed E-state index contributed by atoms with van der Waals surface area (Å²) in [5, 5.41) is 9.09. The van der Waals surface area contributed by atoms with Crippen LogP contribution in [0.2, 0.25) is 0 Å². The van der Waals surface area contributed by atoms with Gasteiger partial charge in [-0.3, -0.25) is 10.1 Å². The number of carbonyl (C=O) groups is 1.